The van der Waals surface area contributed by atoms with Crippen LogP contribution in [0, 0.1) is 5.82 Å². The summed E-state index contributed by atoms with van der Waals surface area (Å²) in [7, 11) is 0. The molecule has 0 saturated heterocycles. The van der Waals surface area contributed by atoms with Gasteiger partial charge in [-0.2, -0.15) is 0 Å². The molecular formula is C15H14BrFN2O2. The molecule has 0 saturated carbocycles. The number of benzene rings is 2. The lowest BCUT2D eigenvalue weighted by molar-refractivity contribution is -0.116. The van der Waals surface area contributed by atoms with Crippen LogP contribution in [0.3, 0.4) is 0 Å². The Labute approximate surface area is 130 Å². The summed E-state index contributed by atoms with van der Waals surface area (Å²) in [5.41, 5.74) is 6.63. The third kappa shape index (κ3) is 4.75. The molecule has 1 amide bonds. The standard InChI is InChI=1S/C15H14BrFN2O2/c16-13-5-4-11(9-14(13)17)19-15(20)6-7-21-12-3-1-2-10(18)8-12/h1-5,8-9H,6-7,18H2,(H,19,20). The van der Waals surface area contributed by atoms with Crippen molar-refractivity contribution in [3.63, 3.8) is 0 Å². The zero-order valence-electron chi connectivity index (χ0n) is 11.1. The van der Waals surface area contributed by atoms with Gasteiger partial charge in [0.15, 0.2) is 0 Å². The number of nitrogens with one attached hydrogen (secondary N) is 1. The Morgan fingerprint density at radius 2 is 2.10 bits per heavy atom. The van der Waals surface area contributed by atoms with Gasteiger partial charge in [-0.25, -0.2) is 4.39 Å². The normalized spacial score (nSPS) is 10.2. The first-order valence-electron chi connectivity index (χ1n) is 6.28. The van der Waals surface area contributed by atoms with Crippen molar-refractivity contribution >= 4 is 33.2 Å². The number of amides is 1. The van der Waals surface area contributed by atoms with Gasteiger partial charge in [-0.1, -0.05) is 6.07 Å². The highest BCUT2D eigenvalue weighted by atomic mass is 79.9. The Bertz CT molecular complexity index is 649. The minimum atomic E-state index is -0.427. The molecule has 0 radical (unpaired) electrons. The summed E-state index contributed by atoms with van der Waals surface area (Å²) in [6.07, 6.45) is 0.159. The Balaban J connectivity index is 1.81. The van der Waals surface area contributed by atoms with Crippen LogP contribution >= 0.6 is 15.9 Å². The minimum absolute atomic E-state index is 0.159. The van der Waals surface area contributed by atoms with E-state index >= 15 is 0 Å². The van der Waals surface area contributed by atoms with Gasteiger partial charge in [-0.05, 0) is 46.3 Å². The third-order valence-electron chi connectivity index (χ3n) is 2.66. The molecule has 2 aromatic carbocycles. The summed E-state index contributed by atoms with van der Waals surface area (Å²) in [6, 6.07) is 11.4. The number of ether oxygens (including phenoxy) is 1. The van der Waals surface area contributed by atoms with E-state index in [1.165, 1.54) is 12.1 Å². The number of hydrogen-bond donors (Lipinski definition) is 2. The average Bonchev–Trinajstić information content (AvgIpc) is 2.43. The highest BCUT2D eigenvalue weighted by Crippen LogP contribution is 2.19. The van der Waals surface area contributed by atoms with E-state index in [1.807, 2.05) is 0 Å². The number of halogens is 2. The molecule has 110 valence electrons. The molecule has 0 aliphatic rings. The van der Waals surface area contributed by atoms with Gasteiger partial charge in [0.05, 0.1) is 17.5 Å². The number of carbonyl (C=O) groups is 1. The summed E-state index contributed by atoms with van der Waals surface area (Å²) >= 11 is 3.05. The van der Waals surface area contributed by atoms with Gasteiger partial charge >= 0.3 is 0 Å². The molecule has 0 aliphatic carbocycles. The molecule has 0 fully saturated rings. The summed E-state index contributed by atoms with van der Waals surface area (Å²) in [6.45, 7) is 0.217. The van der Waals surface area contributed by atoms with Crippen molar-refractivity contribution in [2.24, 2.45) is 0 Å². The van der Waals surface area contributed by atoms with Crippen LogP contribution in [0.1, 0.15) is 6.42 Å². The van der Waals surface area contributed by atoms with E-state index in [0.717, 1.165) is 0 Å². The molecule has 3 N–H and O–H groups in total. The largest absolute Gasteiger partial charge is 0.493 e. The van der Waals surface area contributed by atoms with E-state index in [4.69, 9.17) is 10.5 Å². The van der Waals surface area contributed by atoms with E-state index in [1.54, 1.807) is 30.3 Å². The molecule has 0 unspecified atom stereocenters. The first kappa shape index (κ1) is 15.3. The Hall–Kier alpha value is -2.08. The van der Waals surface area contributed by atoms with Gasteiger partial charge in [-0.3, -0.25) is 4.79 Å². The molecule has 0 atom stereocenters. The topological polar surface area (TPSA) is 64.3 Å². The molecule has 2 rings (SSSR count). The van der Waals surface area contributed by atoms with Gasteiger partial charge in [0.2, 0.25) is 5.91 Å². The fourth-order valence-electron chi connectivity index (χ4n) is 1.66. The molecule has 0 heterocycles. The van der Waals surface area contributed by atoms with Crippen molar-refractivity contribution in [3.05, 3.63) is 52.8 Å². The molecule has 0 spiro atoms. The molecule has 0 aliphatic heterocycles. The summed E-state index contributed by atoms with van der Waals surface area (Å²) < 4.78 is 19.1. The fraction of sp³-hybridized carbons (Fsp3) is 0.133. The summed E-state index contributed by atoms with van der Waals surface area (Å²) in [4.78, 5) is 11.7. The van der Waals surface area contributed by atoms with Gasteiger partial charge in [0.25, 0.3) is 0 Å². The van der Waals surface area contributed by atoms with E-state index in [-0.39, 0.29) is 18.9 Å². The monoisotopic (exact) mass is 352 g/mol. The van der Waals surface area contributed by atoms with Crippen LogP contribution < -0.4 is 15.8 Å². The molecule has 2 aromatic rings. The van der Waals surface area contributed by atoms with Crippen LogP contribution in [0.5, 0.6) is 5.75 Å². The lowest BCUT2D eigenvalue weighted by atomic mass is 10.3. The third-order valence-corrected chi connectivity index (χ3v) is 3.30. The number of anilines is 2. The lowest BCUT2D eigenvalue weighted by Gasteiger charge is -2.08. The van der Waals surface area contributed by atoms with Crippen LogP contribution in [0.2, 0.25) is 0 Å². The van der Waals surface area contributed by atoms with Gasteiger partial charge < -0.3 is 15.8 Å². The Kier molecular flexibility index (Phi) is 5.16. The van der Waals surface area contributed by atoms with Crippen LogP contribution in [0.15, 0.2) is 46.9 Å². The summed E-state index contributed by atoms with van der Waals surface area (Å²) in [5.74, 6) is -0.0677. The van der Waals surface area contributed by atoms with E-state index in [9.17, 15) is 9.18 Å². The van der Waals surface area contributed by atoms with Crippen molar-refractivity contribution in [1.82, 2.24) is 0 Å². The van der Waals surface area contributed by atoms with Crippen molar-refractivity contribution in [2.75, 3.05) is 17.7 Å². The average molecular weight is 353 g/mol. The maximum Gasteiger partial charge on any atom is 0.227 e. The maximum atomic E-state index is 13.3. The Morgan fingerprint density at radius 1 is 1.29 bits per heavy atom. The second kappa shape index (κ2) is 7.08. The van der Waals surface area contributed by atoms with Crippen LogP contribution in [-0.4, -0.2) is 12.5 Å². The highest BCUT2D eigenvalue weighted by Gasteiger charge is 2.05. The molecular weight excluding hydrogens is 339 g/mol. The number of nitrogens with two attached hydrogens (primary N) is 1. The molecule has 0 aromatic heterocycles. The molecule has 6 heteroatoms. The summed E-state index contributed by atoms with van der Waals surface area (Å²) in [5, 5.41) is 2.60. The van der Waals surface area contributed by atoms with E-state index in [2.05, 4.69) is 21.2 Å². The molecule has 21 heavy (non-hydrogen) atoms. The van der Waals surface area contributed by atoms with E-state index in [0.29, 0.717) is 21.6 Å². The molecule has 0 bridgehead atoms. The predicted octanol–water partition coefficient (Wildman–Crippen LogP) is 3.58. The molecule has 4 nitrogen and oxygen atoms in total. The maximum absolute atomic E-state index is 13.3. The first-order chi connectivity index (χ1) is 10.0. The minimum Gasteiger partial charge on any atom is -0.493 e. The number of carbonyl (C=O) groups excluding carboxylic acids is 1. The quantitative estimate of drug-likeness (QED) is 0.808. The predicted molar refractivity (Wildman–Crippen MR) is 83.7 cm³/mol. The Morgan fingerprint density at radius 3 is 2.81 bits per heavy atom. The van der Waals surface area contributed by atoms with Crippen molar-refractivity contribution in [1.29, 1.82) is 0 Å². The first-order valence-corrected chi connectivity index (χ1v) is 7.07. The fourth-order valence-corrected chi connectivity index (χ4v) is 1.91. The van der Waals surface area contributed by atoms with Crippen molar-refractivity contribution in [3.8, 4) is 5.75 Å². The zero-order valence-corrected chi connectivity index (χ0v) is 12.7. The number of rotatable bonds is 5. The van der Waals surface area contributed by atoms with Gasteiger partial charge in [0.1, 0.15) is 11.6 Å². The smallest absolute Gasteiger partial charge is 0.227 e. The van der Waals surface area contributed by atoms with Gasteiger partial charge in [-0.15, -0.1) is 0 Å². The SMILES string of the molecule is Nc1cccc(OCCC(=O)Nc2ccc(Br)c(F)c2)c1. The van der Waals surface area contributed by atoms with E-state index < -0.39 is 5.82 Å². The second-order valence-electron chi connectivity index (χ2n) is 4.35. The lowest BCUT2D eigenvalue weighted by Crippen LogP contribution is -2.15. The number of hydrogen-bond acceptors (Lipinski definition) is 3. The van der Waals surface area contributed by atoms with Crippen LogP contribution in [-0.2, 0) is 4.79 Å². The van der Waals surface area contributed by atoms with Crippen molar-refractivity contribution < 1.29 is 13.9 Å². The van der Waals surface area contributed by atoms with Crippen LogP contribution in [0.25, 0.3) is 0 Å². The van der Waals surface area contributed by atoms with Crippen molar-refractivity contribution in [2.45, 2.75) is 6.42 Å². The zero-order chi connectivity index (χ0) is 15.2. The van der Waals surface area contributed by atoms with Crippen LogP contribution in [0.4, 0.5) is 15.8 Å². The second-order valence-corrected chi connectivity index (χ2v) is 5.20. The van der Waals surface area contributed by atoms with Gasteiger partial charge in [0, 0.05) is 17.4 Å². The number of nitrogen functional groups attached to an aromatic ring is 1. The highest BCUT2D eigenvalue weighted by molar-refractivity contribution is 9.10.